The van der Waals surface area contributed by atoms with Crippen LogP contribution in [0.25, 0.3) is 0 Å². The monoisotopic (exact) mass is 286 g/mol. The fraction of sp³-hybridized carbons (Fsp3) is 0.750. The van der Waals surface area contributed by atoms with Gasteiger partial charge in [0, 0.05) is 0 Å². The summed E-state index contributed by atoms with van der Waals surface area (Å²) in [6.07, 6.45) is 0. The fourth-order valence-electron chi connectivity index (χ4n) is 0.654. The molecule has 0 spiro atoms. The standard InChI is InChI=1S/C8H14O7S2/c9-5(7(11)16)14-3-1-13-2-4-15-6(10)8(12)17/h7-8,11-12,16-17H,1-4H2. The smallest absolute Gasteiger partial charge is 0.345 e. The van der Waals surface area contributed by atoms with Crippen molar-refractivity contribution in [3.05, 3.63) is 0 Å². The maximum Gasteiger partial charge on any atom is 0.345 e. The molecule has 0 amide bonds. The fourth-order valence-corrected chi connectivity index (χ4v) is 0.803. The summed E-state index contributed by atoms with van der Waals surface area (Å²) in [6, 6.07) is 0. The summed E-state index contributed by atoms with van der Waals surface area (Å²) in [5.41, 5.74) is -2.93. The highest BCUT2D eigenvalue weighted by Crippen LogP contribution is 1.94. The Morgan fingerprint density at radius 2 is 1.24 bits per heavy atom. The Hall–Kier alpha value is -0.480. The number of aliphatic hydroxyl groups excluding tert-OH is 2. The molecule has 0 aromatic rings. The third kappa shape index (κ3) is 9.24. The third-order valence-electron chi connectivity index (χ3n) is 1.37. The van der Waals surface area contributed by atoms with Gasteiger partial charge in [0.25, 0.3) is 0 Å². The van der Waals surface area contributed by atoms with E-state index in [-0.39, 0.29) is 26.4 Å². The van der Waals surface area contributed by atoms with Crippen LogP contribution in [-0.2, 0) is 23.8 Å². The van der Waals surface area contributed by atoms with E-state index in [1.54, 1.807) is 0 Å². The summed E-state index contributed by atoms with van der Waals surface area (Å²) in [6.45, 7) is 0.0968. The predicted octanol–water partition coefficient (Wildman–Crippen LogP) is -1.41. The lowest BCUT2D eigenvalue weighted by atomic mass is 10.6. The van der Waals surface area contributed by atoms with Crippen LogP contribution < -0.4 is 0 Å². The Bertz CT molecular complexity index is 220. The molecule has 100 valence electrons. The first-order valence-electron chi connectivity index (χ1n) is 4.58. The summed E-state index contributed by atoms with van der Waals surface area (Å²) >= 11 is 6.89. The maximum absolute atomic E-state index is 10.7. The van der Waals surface area contributed by atoms with Gasteiger partial charge in [0.1, 0.15) is 13.2 Å². The number of aliphatic hydroxyl groups is 2. The normalized spacial score (nSPS) is 13.9. The van der Waals surface area contributed by atoms with Gasteiger partial charge in [-0.15, -0.1) is 25.3 Å². The van der Waals surface area contributed by atoms with Gasteiger partial charge in [0.05, 0.1) is 13.2 Å². The van der Waals surface area contributed by atoms with Gasteiger partial charge in [-0.1, -0.05) is 0 Å². The second-order valence-corrected chi connectivity index (χ2v) is 3.67. The minimum absolute atomic E-state index is 0.0421. The largest absolute Gasteiger partial charge is 0.461 e. The highest BCUT2D eigenvalue weighted by atomic mass is 32.1. The number of thiol groups is 2. The summed E-state index contributed by atoms with van der Waals surface area (Å²) in [5.74, 6) is -1.72. The van der Waals surface area contributed by atoms with Gasteiger partial charge in [-0.2, -0.15) is 0 Å². The second kappa shape index (κ2) is 9.54. The van der Waals surface area contributed by atoms with E-state index in [0.717, 1.165) is 0 Å². The molecule has 0 aliphatic rings. The van der Waals surface area contributed by atoms with E-state index in [1.165, 1.54) is 0 Å². The van der Waals surface area contributed by atoms with Gasteiger partial charge < -0.3 is 24.4 Å². The molecule has 0 saturated heterocycles. The maximum atomic E-state index is 10.7. The Labute approximate surface area is 109 Å². The molecule has 0 bridgehead atoms. The molecule has 2 unspecified atom stereocenters. The van der Waals surface area contributed by atoms with Gasteiger partial charge in [0.2, 0.25) is 0 Å². The molecule has 0 aliphatic heterocycles. The van der Waals surface area contributed by atoms with Crippen molar-refractivity contribution in [2.75, 3.05) is 26.4 Å². The number of esters is 2. The molecule has 0 saturated carbocycles. The lowest BCUT2D eigenvalue weighted by Crippen LogP contribution is -2.21. The number of hydrogen-bond donors (Lipinski definition) is 4. The molecule has 0 radical (unpaired) electrons. The number of carbonyl (C=O) groups is 2. The molecule has 0 aromatic heterocycles. The molecule has 2 N–H and O–H groups in total. The minimum atomic E-state index is -1.46. The molecule has 2 atom stereocenters. The van der Waals surface area contributed by atoms with Crippen LogP contribution in [0.4, 0.5) is 0 Å². The Morgan fingerprint density at radius 1 is 0.882 bits per heavy atom. The molecule has 0 fully saturated rings. The van der Waals surface area contributed by atoms with E-state index in [1.807, 2.05) is 0 Å². The number of rotatable bonds is 8. The molecular weight excluding hydrogens is 272 g/mol. The number of hydrogen-bond acceptors (Lipinski definition) is 9. The van der Waals surface area contributed by atoms with E-state index in [4.69, 9.17) is 14.9 Å². The quantitative estimate of drug-likeness (QED) is 0.188. The molecule has 7 nitrogen and oxygen atoms in total. The highest BCUT2D eigenvalue weighted by molar-refractivity contribution is 7.81. The van der Waals surface area contributed by atoms with Gasteiger partial charge in [-0.05, 0) is 0 Å². The van der Waals surface area contributed by atoms with Crippen LogP contribution in [0, 0.1) is 0 Å². The summed E-state index contributed by atoms with van der Waals surface area (Å²) in [4.78, 5) is 21.4. The van der Waals surface area contributed by atoms with Gasteiger partial charge in [0.15, 0.2) is 10.9 Å². The molecule has 17 heavy (non-hydrogen) atoms. The van der Waals surface area contributed by atoms with Crippen LogP contribution in [0.5, 0.6) is 0 Å². The first kappa shape index (κ1) is 16.5. The molecule has 0 heterocycles. The van der Waals surface area contributed by atoms with E-state index < -0.39 is 22.8 Å². The first-order valence-corrected chi connectivity index (χ1v) is 5.61. The molecule has 0 aliphatic carbocycles. The van der Waals surface area contributed by atoms with E-state index in [9.17, 15) is 9.59 Å². The van der Waals surface area contributed by atoms with E-state index in [0.29, 0.717) is 0 Å². The minimum Gasteiger partial charge on any atom is -0.461 e. The van der Waals surface area contributed by atoms with Crippen LogP contribution in [-0.4, -0.2) is 59.5 Å². The summed E-state index contributed by atoms with van der Waals surface area (Å²) < 4.78 is 14.0. The van der Waals surface area contributed by atoms with Crippen LogP contribution in [0.15, 0.2) is 0 Å². The summed E-state index contributed by atoms with van der Waals surface area (Å²) in [7, 11) is 0. The second-order valence-electron chi connectivity index (χ2n) is 2.69. The SMILES string of the molecule is O=C(OCCOCCOC(=O)C(O)S)C(O)S. The van der Waals surface area contributed by atoms with Gasteiger partial charge >= 0.3 is 11.9 Å². The van der Waals surface area contributed by atoms with Crippen molar-refractivity contribution < 1.29 is 34.0 Å². The molecule has 0 rings (SSSR count). The Kier molecular flexibility index (Phi) is 9.27. The van der Waals surface area contributed by atoms with Crippen molar-refractivity contribution in [1.29, 1.82) is 0 Å². The van der Waals surface area contributed by atoms with Crippen molar-refractivity contribution in [1.82, 2.24) is 0 Å². The lowest BCUT2D eigenvalue weighted by Gasteiger charge is -2.08. The predicted molar refractivity (Wildman–Crippen MR) is 62.7 cm³/mol. The number of carbonyl (C=O) groups excluding carboxylic acids is 2. The topological polar surface area (TPSA) is 102 Å². The van der Waals surface area contributed by atoms with Crippen molar-refractivity contribution in [2.24, 2.45) is 0 Å². The first-order chi connectivity index (χ1) is 7.95. The molecule has 9 heteroatoms. The van der Waals surface area contributed by atoms with Gasteiger partial charge in [-0.25, -0.2) is 9.59 Å². The van der Waals surface area contributed by atoms with E-state index >= 15 is 0 Å². The zero-order chi connectivity index (χ0) is 13.3. The summed E-state index contributed by atoms with van der Waals surface area (Å²) in [5, 5.41) is 17.3. The average molecular weight is 286 g/mol. The van der Waals surface area contributed by atoms with Crippen LogP contribution in [0.3, 0.4) is 0 Å². The average Bonchev–Trinajstić information content (AvgIpc) is 2.26. The van der Waals surface area contributed by atoms with Gasteiger partial charge in [-0.3, -0.25) is 0 Å². The Morgan fingerprint density at radius 3 is 1.53 bits per heavy atom. The molecular formula is C8H14O7S2. The van der Waals surface area contributed by atoms with Crippen LogP contribution in [0.1, 0.15) is 0 Å². The highest BCUT2D eigenvalue weighted by Gasteiger charge is 2.11. The van der Waals surface area contributed by atoms with Crippen molar-refractivity contribution in [2.45, 2.75) is 10.9 Å². The van der Waals surface area contributed by atoms with Crippen molar-refractivity contribution in [3.8, 4) is 0 Å². The van der Waals surface area contributed by atoms with Crippen LogP contribution in [0.2, 0.25) is 0 Å². The van der Waals surface area contributed by atoms with E-state index in [2.05, 4.69) is 34.7 Å². The van der Waals surface area contributed by atoms with Crippen molar-refractivity contribution in [3.63, 3.8) is 0 Å². The molecule has 0 aromatic carbocycles. The van der Waals surface area contributed by atoms with Crippen LogP contribution >= 0.6 is 25.3 Å². The zero-order valence-corrected chi connectivity index (χ0v) is 10.6. The zero-order valence-electron chi connectivity index (χ0n) is 8.81. The Balaban J connectivity index is 3.30. The van der Waals surface area contributed by atoms with Crippen molar-refractivity contribution >= 4 is 37.2 Å². The third-order valence-corrected chi connectivity index (χ3v) is 1.79. The lowest BCUT2D eigenvalue weighted by molar-refractivity contribution is -0.151. The number of ether oxygens (including phenoxy) is 3.